The van der Waals surface area contributed by atoms with E-state index in [1.807, 2.05) is 19.1 Å². The van der Waals surface area contributed by atoms with E-state index in [2.05, 4.69) is 4.74 Å². The zero-order valence-corrected chi connectivity index (χ0v) is 10.8. The predicted molar refractivity (Wildman–Crippen MR) is 67.8 cm³/mol. The Labute approximate surface area is 110 Å². The first kappa shape index (κ1) is 15.3. The van der Waals surface area contributed by atoms with Crippen LogP contribution < -0.4 is 0 Å². The number of hydrogen-bond acceptors (Lipinski definition) is 3. The quantitative estimate of drug-likeness (QED) is 0.836. The molecule has 0 heterocycles. The highest BCUT2D eigenvalue weighted by Gasteiger charge is 2.46. The molecule has 5 heteroatoms. The normalized spacial score (nSPS) is 13.5. The first-order valence-corrected chi connectivity index (χ1v) is 5.86. The molecule has 0 aliphatic rings. The Balaban J connectivity index is 2.75. The molecule has 0 spiro atoms. The second-order valence-corrected chi connectivity index (χ2v) is 4.06. The van der Waals surface area contributed by atoms with Crippen molar-refractivity contribution in [2.45, 2.75) is 25.9 Å². The van der Waals surface area contributed by atoms with Gasteiger partial charge >= 0.3 is 11.9 Å². The number of halogens is 2. The molecule has 0 radical (unpaired) electrons. The van der Waals surface area contributed by atoms with Crippen LogP contribution in [0, 0.1) is 6.92 Å². The molecule has 1 unspecified atom stereocenters. The number of carbonyl (C=O) groups is 1. The van der Waals surface area contributed by atoms with Crippen molar-refractivity contribution in [2.75, 3.05) is 6.61 Å². The monoisotopic (exact) mass is 270 g/mol. The molecule has 1 aromatic rings. The number of hydrogen-bond donors (Lipinski definition) is 1. The first-order valence-electron chi connectivity index (χ1n) is 5.86. The summed E-state index contributed by atoms with van der Waals surface area (Å²) < 4.78 is 31.0. The molecule has 0 bridgehead atoms. The van der Waals surface area contributed by atoms with Crippen LogP contribution in [0.3, 0.4) is 0 Å². The van der Waals surface area contributed by atoms with E-state index >= 15 is 0 Å². The lowest BCUT2D eigenvalue weighted by Crippen LogP contribution is -2.41. The maximum absolute atomic E-state index is 13.4. The van der Waals surface area contributed by atoms with Gasteiger partial charge in [-0.3, -0.25) is 0 Å². The summed E-state index contributed by atoms with van der Waals surface area (Å²) in [5.41, 5.74) is 1.69. The Hall–Kier alpha value is -1.75. The van der Waals surface area contributed by atoms with Crippen LogP contribution in [0.4, 0.5) is 8.78 Å². The SMILES string of the molecule is CCOC(=O)C(F)(F)C(O)/C=C/c1ccc(C)cc1. The molecule has 104 valence electrons. The van der Waals surface area contributed by atoms with Gasteiger partial charge in [0.2, 0.25) is 0 Å². The summed E-state index contributed by atoms with van der Waals surface area (Å²) >= 11 is 0. The summed E-state index contributed by atoms with van der Waals surface area (Å²) in [6.07, 6.45) is -0.00778. The largest absolute Gasteiger partial charge is 0.461 e. The van der Waals surface area contributed by atoms with Crippen LogP contribution in [0.25, 0.3) is 6.08 Å². The number of aliphatic hydroxyl groups is 1. The Morgan fingerprint density at radius 1 is 1.42 bits per heavy atom. The van der Waals surface area contributed by atoms with E-state index in [-0.39, 0.29) is 6.61 Å². The standard InChI is InChI=1S/C14H16F2O3/c1-3-19-13(18)14(15,16)12(17)9-8-11-6-4-10(2)5-7-11/h4-9,12,17H,3H2,1-2H3/b9-8+. The van der Waals surface area contributed by atoms with Crippen molar-refractivity contribution >= 4 is 12.0 Å². The lowest BCUT2D eigenvalue weighted by atomic mass is 10.1. The Kier molecular flexibility index (Phi) is 5.18. The van der Waals surface area contributed by atoms with Crippen molar-refractivity contribution in [3.8, 4) is 0 Å². The summed E-state index contributed by atoms with van der Waals surface area (Å²) in [5.74, 6) is -5.67. The minimum atomic E-state index is -3.95. The van der Waals surface area contributed by atoms with Gasteiger partial charge in [0, 0.05) is 0 Å². The van der Waals surface area contributed by atoms with E-state index in [1.165, 1.54) is 13.0 Å². The van der Waals surface area contributed by atoms with E-state index in [1.54, 1.807) is 12.1 Å². The fourth-order valence-electron chi connectivity index (χ4n) is 1.35. The molecule has 1 rings (SSSR count). The highest BCUT2D eigenvalue weighted by molar-refractivity contribution is 5.79. The molecule has 0 fully saturated rings. The number of carbonyl (C=O) groups excluding carboxylic acids is 1. The Morgan fingerprint density at radius 2 is 2.00 bits per heavy atom. The van der Waals surface area contributed by atoms with Gasteiger partial charge in [-0.25, -0.2) is 4.79 Å². The minimum absolute atomic E-state index is 0.164. The number of ether oxygens (including phenoxy) is 1. The van der Waals surface area contributed by atoms with Crippen LogP contribution in [0.2, 0.25) is 0 Å². The van der Waals surface area contributed by atoms with Crippen molar-refractivity contribution < 1.29 is 23.4 Å². The van der Waals surface area contributed by atoms with Gasteiger partial charge in [0.15, 0.2) is 0 Å². The van der Waals surface area contributed by atoms with E-state index in [0.29, 0.717) is 5.56 Å². The van der Waals surface area contributed by atoms with E-state index in [4.69, 9.17) is 0 Å². The van der Waals surface area contributed by atoms with Crippen molar-refractivity contribution in [3.05, 3.63) is 41.5 Å². The molecule has 0 aliphatic carbocycles. The molecule has 0 saturated heterocycles. The molecule has 1 atom stereocenters. The van der Waals surface area contributed by atoms with Crippen molar-refractivity contribution in [3.63, 3.8) is 0 Å². The average Bonchev–Trinajstić information content (AvgIpc) is 2.37. The van der Waals surface area contributed by atoms with E-state index in [9.17, 15) is 18.7 Å². The summed E-state index contributed by atoms with van der Waals surface area (Å²) in [5, 5.41) is 9.35. The molecule has 1 N–H and O–H groups in total. The summed E-state index contributed by atoms with van der Waals surface area (Å²) in [6.45, 7) is 3.16. The number of benzene rings is 1. The van der Waals surface area contributed by atoms with E-state index in [0.717, 1.165) is 11.6 Å². The topological polar surface area (TPSA) is 46.5 Å². The third-order valence-corrected chi connectivity index (χ3v) is 2.47. The molecule has 0 saturated carbocycles. The fraction of sp³-hybridized carbons (Fsp3) is 0.357. The van der Waals surface area contributed by atoms with Crippen LogP contribution in [-0.4, -0.2) is 29.7 Å². The number of esters is 1. The molecule has 0 aliphatic heterocycles. The molecule has 1 aromatic carbocycles. The third kappa shape index (κ3) is 4.13. The second kappa shape index (κ2) is 6.43. The number of aryl methyl sites for hydroxylation is 1. The molecule has 3 nitrogen and oxygen atoms in total. The van der Waals surface area contributed by atoms with Crippen molar-refractivity contribution in [2.24, 2.45) is 0 Å². The molecule has 19 heavy (non-hydrogen) atoms. The van der Waals surface area contributed by atoms with Gasteiger partial charge in [0.25, 0.3) is 0 Å². The minimum Gasteiger partial charge on any atom is -0.461 e. The first-order chi connectivity index (χ1) is 8.87. The highest BCUT2D eigenvalue weighted by Crippen LogP contribution is 2.22. The Bertz CT molecular complexity index is 452. The number of alkyl halides is 2. The van der Waals surface area contributed by atoms with Crippen LogP contribution in [0.1, 0.15) is 18.1 Å². The van der Waals surface area contributed by atoms with Gasteiger partial charge < -0.3 is 9.84 Å². The number of aliphatic hydroxyl groups excluding tert-OH is 1. The van der Waals surface area contributed by atoms with Gasteiger partial charge in [-0.1, -0.05) is 35.9 Å². The van der Waals surface area contributed by atoms with Gasteiger partial charge in [0.1, 0.15) is 6.10 Å². The fourth-order valence-corrected chi connectivity index (χ4v) is 1.35. The maximum atomic E-state index is 13.4. The van der Waals surface area contributed by atoms with E-state index < -0.39 is 18.0 Å². The zero-order chi connectivity index (χ0) is 14.5. The highest BCUT2D eigenvalue weighted by atomic mass is 19.3. The smallest absolute Gasteiger partial charge is 0.380 e. The van der Waals surface area contributed by atoms with Crippen molar-refractivity contribution in [1.82, 2.24) is 0 Å². The molecule has 0 amide bonds. The molecule has 0 aromatic heterocycles. The molecular weight excluding hydrogens is 254 g/mol. The lowest BCUT2D eigenvalue weighted by molar-refractivity contribution is -0.183. The van der Waals surface area contributed by atoms with Crippen LogP contribution in [0.5, 0.6) is 0 Å². The van der Waals surface area contributed by atoms with Gasteiger partial charge in [-0.05, 0) is 25.5 Å². The van der Waals surface area contributed by atoms with Crippen LogP contribution in [0.15, 0.2) is 30.3 Å². The molecular formula is C14H16F2O3. The predicted octanol–water partition coefficient (Wildman–Crippen LogP) is 2.57. The third-order valence-electron chi connectivity index (χ3n) is 2.47. The summed E-state index contributed by atoms with van der Waals surface area (Å²) in [4.78, 5) is 11.0. The van der Waals surface area contributed by atoms with Gasteiger partial charge in [-0.15, -0.1) is 0 Å². The van der Waals surface area contributed by atoms with Gasteiger partial charge in [0.05, 0.1) is 6.61 Å². The maximum Gasteiger partial charge on any atom is 0.380 e. The average molecular weight is 270 g/mol. The van der Waals surface area contributed by atoms with Crippen LogP contribution in [-0.2, 0) is 9.53 Å². The second-order valence-electron chi connectivity index (χ2n) is 4.06. The van der Waals surface area contributed by atoms with Crippen molar-refractivity contribution in [1.29, 1.82) is 0 Å². The van der Waals surface area contributed by atoms with Gasteiger partial charge in [-0.2, -0.15) is 8.78 Å². The summed E-state index contributed by atoms with van der Waals surface area (Å²) in [7, 11) is 0. The lowest BCUT2D eigenvalue weighted by Gasteiger charge is -2.17. The Morgan fingerprint density at radius 3 is 2.53 bits per heavy atom. The summed E-state index contributed by atoms with van der Waals surface area (Å²) in [6, 6.07) is 7.08. The van der Waals surface area contributed by atoms with Crippen LogP contribution >= 0.6 is 0 Å². The number of rotatable bonds is 5. The zero-order valence-electron chi connectivity index (χ0n) is 10.8.